The summed E-state index contributed by atoms with van der Waals surface area (Å²) < 4.78 is 10.6. The van der Waals surface area contributed by atoms with Gasteiger partial charge in [-0.25, -0.2) is 0 Å². The van der Waals surface area contributed by atoms with Crippen LogP contribution in [0.25, 0.3) is 11.5 Å². The summed E-state index contributed by atoms with van der Waals surface area (Å²) in [6.07, 6.45) is 1.32. The molecule has 1 aliphatic rings. The fourth-order valence-corrected chi connectivity index (χ4v) is 4.35. The molecule has 0 unspecified atom stereocenters. The van der Waals surface area contributed by atoms with Crippen molar-refractivity contribution in [1.29, 1.82) is 0 Å². The molecule has 12 nitrogen and oxygen atoms in total. The maximum Gasteiger partial charge on any atom is 0.305 e. The Balaban J connectivity index is 1.70. The Morgan fingerprint density at radius 2 is 1.87 bits per heavy atom. The molecule has 0 spiro atoms. The van der Waals surface area contributed by atoms with E-state index < -0.39 is 36.3 Å². The molecule has 12 heteroatoms. The number of aryl methyl sites for hydroxylation is 1. The first-order valence-electron chi connectivity index (χ1n) is 12.6. The molecular formula is C26H35N5O7. The minimum atomic E-state index is -1.20. The summed E-state index contributed by atoms with van der Waals surface area (Å²) >= 11 is 0. The third kappa shape index (κ3) is 7.85. The van der Waals surface area contributed by atoms with Crippen molar-refractivity contribution >= 4 is 23.6 Å². The number of Topliss-reactive ketones (excluding diaryl/α,β-unsaturated/α-hetero) is 1. The summed E-state index contributed by atoms with van der Waals surface area (Å²) in [6.45, 7) is 6.81. The van der Waals surface area contributed by atoms with Crippen LogP contribution >= 0.6 is 0 Å². The maximum atomic E-state index is 13.1. The van der Waals surface area contributed by atoms with Crippen LogP contribution in [0.4, 0.5) is 0 Å². The van der Waals surface area contributed by atoms with Gasteiger partial charge in [0.25, 0.3) is 5.89 Å². The van der Waals surface area contributed by atoms with Crippen molar-refractivity contribution in [3.63, 3.8) is 0 Å². The number of ether oxygens (including phenoxy) is 1. The zero-order chi connectivity index (χ0) is 27.8. The van der Waals surface area contributed by atoms with Crippen LogP contribution in [0, 0.1) is 12.8 Å². The van der Waals surface area contributed by atoms with Crippen molar-refractivity contribution in [3.8, 4) is 17.2 Å². The van der Waals surface area contributed by atoms with Gasteiger partial charge < -0.3 is 25.0 Å². The minimum Gasteiger partial charge on any atom is -0.496 e. The number of nitrogens with one attached hydrogen (secondary N) is 2. The van der Waals surface area contributed by atoms with Gasteiger partial charge in [0, 0.05) is 11.1 Å². The number of nitrogens with zero attached hydrogens (tertiary/aromatic N) is 3. The number of ketones is 1. The van der Waals surface area contributed by atoms with Gasteiger partial charge in [0.1, 0.15) is 11.8 Å². The third-order valence-corrected chi connectivity index (χ3v) is 6.33. The van der Waals surface area contributed by atoms with Crippen LogP contribution in [0.15, 0.2) is 22.7 Å². The van der Waals surface area contributed by atoms with E-state index in [9.17, 15) is 24.3 Å². The number of aliphatic carboxylic acids is 1. The molecule has 1 saturated heterocycles. The van der Waals surface area contributed by atoms with Crippen LogP contribution in [0.5, 0.6) is 5.75 Å². The van der Waals surface area contributed by atoms with Gasteiger partial charge in [-0.2, -0.15) is 4.98 Å². The summed E-state index contributed by atoms with van der Waals surface area (Å²) in [5, 5.41) is 18.4. The second-order valence-electron chi connectivity index (χ2n) is 9.75. The highest BCUT2D eigenvalue weighted by atomic mass is 16.5. The van der Waals surface area contributed by atoms with Crippen LogP contribution in [-0.4, -0.2) is 82.5 Å². The Labute approximate surface area is 221 Å². The fraction of sp³-hybridized carbons (Fsp3) is 0.538. The predicted molar refractivity (Wildman–Crippen MR) is 136 cm³/mol. The Morgan fingerprint density at radius 1 is 1.16 bits per heavy atom. The summed E-state index contributed by atoms with van der Waals surface area (Å²) in [5.41, 5.74) is 1.16. The Hall–Kier alpha value is -3.80. The van der Waals surface area contributed by atoms with E-state index in [0.29, 0.717) is 28.6 Å². The monoisotopic (exact) mass is 529 g/mol. The Morgan fingerprint density at radius 3 is 2.45 bits per heavy atom. The number of amides is 2. The van der Waals surface area contributed by atoms with Gasteiger partial charge in [0.15, 0.2) is 11.6 Å². The van der Waals surface area contributed by atoms with Crippen molar-refractivity contribution < 1.29 is 33.5 Å². The van der Waals surface area contributed by atoms with E-state index in [4.69, 9.17) is 9.26 Å². The number of carbonyl (C=O) groups excluding carboxylic acids is 3. The lowest BCUT2D eigenvalue weighted by molar-refractivity contribution is -0.141. The number of carbonyl (C=O) groups is 4. The van der Waals surface area contributed by atoms with E-state index in [0.717, 1.165) is 25.9 Å². The third-order valence-electron chi connectivity index (χ3n) is 6.33. The number of benzene rings is 1. The molecule has 0 radical (unpaired) electrons. The summed E-state index contributed by atoms with van der Waals surface area (Å²) in [7, 11) is 1.49. The van der Waals surface area contributed by atoms with Gasteiger partial charge in [-0.05, 0) is 57.0 Å². The topological polar surface area (TPSA) is 164 Å². The van der Waals surface area contributed by atoms with Crippen molar-refractivity contribution in [2.24, 2.45) is 5.92 Å². The molecule has 1 aliphatic heterocycles. The SMILES string of the molecule is COc1ccc(-c2nc(C)no2)cc1CC(=O)N[C@H](C(=O)N[C@H](CC(=O)O)C(=O)CN1CCCC1)C(C)C. The van der Waals surface area contributed by atoms with Crippen molar-refractivity contribution in [2.75, 3.05) is 26.7 Å². The molecule has 2 atom stereocenters. The summed E-state index contributed by atoms with van der Waals surface area (Å²) in [6, 6.07) is 2.96. The number of likely N-dealkylation sites (tertiary alicyclic amines) is 1. The average Bonchev–Trinajstić information content (AvgIpc) is 3.53. The van der Waals surface area contributed by atoms with E-state index in [1.54, 1.807) is 39.0 Å². The fourth-order valence-electron chi connectivity index (χ4n) is 4.35. The lowest BCUT2D eigenvalue weighted by atomic mass is 10.0. The van der Waals surface area contributed by atoms with E-state index in [1.165, 1.54) is 7.11 Å². The molecule has 2 heterocycles. The van der Waals surface area contributed by atoms with Crippen LogP contribution in [0.2, 0.25) is 0 Å². The summed E-state index contributed by atoms with van der Waals surface area (Å²) in [4.78, 5) is 56.5. The minimum absolute atomic E-state index is 0.0760. The maximum absolute atomic E-state index is 13.1. The van der Waals surface area contributed by atoms with Crippen molar-refractivity contribution in [1.82, 2.24) is 25.7 Å². The molecule has 1 aromatic heterocycles. The van der Waals surface area contributed by atoms with Crippen molar-refractivity contribution in [3.05, 3.63) is 29.6 Å². The predicted octanol–water partition coefficient (Wildman–Crippen LogP) is 1.36. The first-order valence-corrected chi connectivity index (χ1v) is 12.6. The normalized spacial score (nSPS) is 15.2. The lowest BCUT2D eigenvalue weighted by Gasteiger charge is -2.25. The number of carboxylic acids is 1. The molecule has 2 aromatic rings. The molecule has 2 amide bonds. The number of methoxy groups -OCH3 is 1. The molecule has 38 heavy (non-hydrogen) atoms. The number of carboxylic acid groups (broad SMARTS) is 1. The van der Waals surface area contributed by atoms with E-state index >= 15 is 0 Å². The number of hydrogen-bond donors (Lipinski definition) is 3. The molecule has 3 N–H and O–H groups in total. The van der Waals surface area contributed by atoms with Gasteiger partial charge in [0.2, 0.25) is 11.8 Å². The Kier molecular flexibility index (Phi) is 9.94. The second-order valence-corrected chi connectivity index (χ2v) is 9.75. The van der Waals surface area contributed by atoms with Gasteiger partial charge >= 0.3 is 5.97 Å². The summed E-state index contributed by atoms with van der Waals surface area (Å²) in [5.74, 6) is -1.71. The molecule has 0 saturated carbocycles. The van der Waals surface area contributed by atoms with Gasteiger partial charge in [-0.3, -0.25) is 24.1 Å². The molecule has 0 bridgehead atoms. The van der Waals surface area contributed by atoms with Gasteiger partial charge in [0.05, 0.1) is 32.5 Å². The Bertz CT molecular complexity index is 1160. The zero-order valence-electron chi connectivity index (χ0n) is 22.2. The zero-order valence-corrected chi connectivity index (χ0v) is 22.2. The molecule has 3 rings (SSSR count). The molecule has 1 aromatic carbocycles. The number of rotatable bonds is 13. The van der Waals surface area contributed by atoms with Crippen LogP contribution in [0.3, 0.4) is 0 Å². The number of hydrogen-bond acceptors (Lipinski definition) is 9. The van der Waals surface area contributed by atoms with Crippen LogP contribution in [0.1, 0.15) is 44.5 Å². The van der Waals surface area contributed by atoms with Gasteiger partial charge in [-0.15, -0.1) is 0 Å². The first-order chi connectivity index (χ1) is 18.1. The largest absolute Gasteiger partial charge is 0.496 e. The average molecular weight is 530 g/mol. The highest BCUT2D eigenvalue weighted by Gasteiger charge is 2.31. The standard InChI is InChI=1S/C26H35N5O7/c1-15(2)24(25(36)28-19(13-23(34)35)20(32)14-31-9-5-6-10-31)29-22(33)12-18-11-17(7-8-21(18)37-4)26-27-16(3)30-38-26/h7-8,11,15,19,24H,5-6,9-10,12-14H2,1-4H3,(H,28,36)(H,29,33)(H,34,35)/t19-,24+/m1/s1. The molecule has 0 aliphatic carbocycles. The van der Waals surface area contributed by atoms with Gasteiger partial charge in [-0.1, -0.05) is 19.0 Å². The molecule has 206 valence electrons. The van der Waals surface area contributed by atoms with E-state index in [2.05, 4.69) is 20.8 Å². The quantitative estimate of drug-likeness (QED) is 0.345. The van der Waals surface area contributed by atoms with Crippen LogP contribution in [-0.2, 0) is 25.6 Å². The number of aromatic nitrogens is 2. The second kappa shape index (κ2) is 13.1. The van der Waals surface area contributed by atoms with E-state index in [-0.39, 0.29) is 24.7 Å². The highest BCUT2D eigenvalue weighted by Crippen LogP contribution is 2.26. The highest BCUT2D eigenvalue weighted by molar-refractivity contribution is 5.95. The molecular weight excluding hydrogens is 494 g/mol. The van der Waals surface area contributed by atoms with Crippen molar-refractivity contribution in [2.45, 2.75) is 58.5 Å². The first kappa shape index (κ1) is 28.8. The molecule has 1 fully saturated rings. The van der Waals surface area contributed by atoms with E-state index in [1.807, 2.05) is 4.90 Å². The lowest BCUT2D eigenvalue weighted by Crippen LogP contribution is -2.55. The van der Waals surface area contributed by atoms with Crippen LogP contribution < -0.4 is 15.4 Å². The smallest absolute Gasteiger partial charge is 0.305 e.